The number of nitrogens with two attached hydrogens (primary N) is 1. The van der Waals surface area contributed by atoms with Gasteiger partial charge in [-0.3, -0.25) is 4.72 Å². The lowest BCUT2D eigenvalue weighted by Gasteiger charge is -2.13. The highest BCUT2D eigenvalue weighted by Crippen LogP contribution is 2.34. The minimum atomic E-state index is -4.36. The minimum Gasteiger partial charge on any atom is -0.494 e. The fraction of sp³-hybridized carbons (Fsp3) is 0.240. The van der Waals surface area contributed by atoms with Gasteiger partial charge in [0.2, 0.25) is 0 Å². The average molecular weight is 491 g/mol. The lowest BCUT2D eigenvalue weighted by molar-refractivity contribution is -0.137. The van der Waals surface area contributed by atoms with Crippen LogP contribution in [-0.4, -0.2) is 19.2 Å². The number of para-hydroxylation sites is 1. The molecule has 5 nitrogen and oxygen atoms in total. The van der Waals surface area contributed by atoms with E-state index in [1.54, 1.807) is 0 Å². The van der Waals surface area contributed by atoms with Gasteiger partial charge in [-0.05, 0) is 73.2 Å². The first-order valence-corrected chi connectivity index (χ1v) is 11.5. The first-order chi connectivity index (χ1) is 16.3. The van der Waals surface area contributed by atoms with Crippen molar-refractivity contribution in [3.05, 3.63) is 78.4 Å². The summed E-state index contributed by atoms with van der Waals surface area (Å²) in [6.07, 6.45) is -1.83. The maximum absolute atomic E-state index is 12.8. The number of nitrogens with one attached hydrogen (secondary N) is 1. The Labute approximate surface area is 200 Å². The average Bonchev–Trinajstić information content (AvgIpc) is 2.82. The molecule has 2 amide bonds. The summed E-state index contributed by atoms with van der Waals surface area (Å²) in [6, 6.07) is 19.1. The van der Waals surface area contributed by atoms with Crippen molar-refractivity contribution in [3.8, 4) is 22.6 Å². The zero-order chi connectivity index (χ0) is 24.4. The third-order valence-corrected chi connectivity index (χ3v) is 5.59. The summed E-state index contributed by atoms with van der Waals surface area (Å²) in [5.74, 6) is 1.34. The molecule has 0 aliphatic rings. The second-order valence-electron chi connectivity index (χ2n) is 7.37. The molecule has 0 radical (unpaired) electrons. The lowest BCUT2D eigenvalue weighted by Crippen LogP contribution is -2.22. The Morgan fingerprint density at radius 1 is 0.882 bits per heavy atom. The molecule has 0 aliphatic heterocycles. The number of amides is 2. The Hall–Kier alpha value is -3.33. The van der Waals surface area contributed by atoms with Crippen LogP contribution in [0.4, 0.5) is 18.0 Å². The molecule has 0 unspecified atom stereocenters. The molecule has 0 heterocycles. The third kappa shape index (κ3) is 7.91. The van der Waals surface area contributed by atoms with E-state index in [1.807, 2.05) is 48.5 Å². The summed E-state index contributed by atoms with van der Waals surface area (Å²) >= 11 is 1.12. The molecule has 0 fully saturated rings. The molecule has 0 aliphatic carbocycles. The number of carbonyl (C=O) groups excluding carboxylic acids is 1. The number of unbranched alkanes of at least 4 members (excludes halogenated alkanes) is 2. The van der Waals surface area contributed by atoms with E-state index in [0.29, 0.717) is 30.3 Å². The summed E-state index contributed by atoms with van der Waals surface area (Å²) in [4.78, 5) is 11.6. The molecule has 3 aromatic rings. The van der Waals surface area contributed by atoms with E-state index in [2.05, 4.69) is 4.72 Å². The van der Waals surface area contributed by atoms with E-state index in [-0.39, 0.29) is 0 Å². The second-order valence-corrected chi connectivity index (χ2v) is 8.25. The molecule has 0 atom stereocenters. The van der Waals surface area contributed by atoms with Gasteiger partial charge in [-0.2, -0.15) is 13.2 Å². The third-order valence-electron chi connectivity index (χ3n) is 4.80. The van der Waals surface area contributed by atoms with E-state index in [4.69, 9.17) is 15.2 Å². The molecular formula is C25H25F3N2O3S. The monoisotopic (exact) mass is 490 g/mol. The molecule has 3 rings (SSSR count). The predicted octanol–water partition coefficient (Wildman–Crippen LogP) is 6.68. The van der Waals surface area contributed by atoms with Crippen molar-refractivity contribution in [2.24, 2.45) is 5.73 Å². The maximum atomic E-state index is 12.8. The Kier molecular flexibility index (Phi) is 9.09. The van der Waals surface area contributed by atoms with Gasteiger partial charge in [-0.25, -0.2) is 4.79 Å². The van der Waals surface area contributed by atoms with Crippen LogP contribution in [0.5, 0.6) is 11.5 Å². The van der Waals surface area contributed by atoms with Crippen LogP contribution in [0.3, 0.4) is 0 Å². The second kappa shape index (κ2) is 12.2. The zero-order valence-corrected chi connectivity index (χ0v) is 19.1. The summed E-state index contributed by atoms with van der Waals surface area (Å²) in [5, 5.41) is 0. The van der Waals surface area contributed by atoms with Crippen LogP contribution in [0.1, 0.15) is 24.8 Å². The van der Waals surface area contributed by atoms with E-state index in [0.717, 1.165) is 53.8 Å². The smallest absolute Gasteiger partial charge is 0.416 e. The van der Waals surface area contributed by atoms with E-state index in [1.165, 1.54) is 12.1 Å². The number of benzene rings is 3. The van der Waals surface area contributed by atoms with Gasteiger partial charge in [-0.1, -0.05) is 36.4 Å². The number of urea groups is 1. The highest BCUT2D eigenvalue weighted by molar-refractivity contribution is 7.98. The molecule has 0 bridgehead atoms. The Balaban J connectivity index is 1.41. The first-order valence-electron chi connectivity index (χ1n) is 10.7. The Morgan fingerprint density at radius 3 is 2.29 bits per heavy atom. The van der Waals surface area contributed by atoms with Crippen LogP contribution in [0.25, 0.3) is 11.1 Å². The summed E-state index contributed by atoms with van der Waals surface area (Å²) < 4.78 is 52.6. The van der Waals surface area contributed by atoms with Crippen LogP contribution in [0.2, 0.25) is 0 Å². The number of hydrogen-bond donors (Lipinski definition) is 2. The number of ether oxygens (including phenoxy) is 2. The summed E-state index contributed by atoms with van der Waals surface area (Å²) in [5.41, 5.74) is 5.81. The zero-order valence-electron chi connectivity index (χ0n) is 18.3. The van der Waals surface area contributed by atoms with Crippen molar-refractivity contribution in [1.29, 1.82) is 0 Å². The molecule has 0 saturated heterocycles. The van der Waals surface area contributed by atoms with Crippen molar-refractivity contribution in [2.45, 2.75) is 30.3 Å². The predicted molar refractivity (Wildman–Crippen MR) is 127 cm³/mol. The molecule has 3 aromatic carbocycles. The largest absolute Gasteiger partial charge is 0.494 e. The molecular weight excluding hydrogens is 465 g/mol. The minimum absolute atomic E-state index is 0.489. The maximum Gasteiger partial charge on any atom is 0.416 e. The van der Waals surface area contributed by atoms with Crippen LogP contribution in [0.15, 0.2) is 77.7 Å². The summed E-state index contributed by atoms with van der Waals surface area (Å²) in [7, 11) is 0. The normalized spacial score (nSPS) is 11.1. The van der Waals surface area contributed by atoms with Gasteiger partial charge in [-0.15, -0.1) is 0 Å². The summed E-state index contributed by atoms with van der Waals surface area (Å²) in [6.45, 7) is 1.03. The number of halogens is 3. The van der Waals surface area contributed by atoms with E-state index < -0.39 is 17.8 Å². The molecule has 3 N–H and O–H groups in total. The number of rotatable bonds is 11. The molecule has 34 heavy (non-hydrogen) atoms. The van der Waals surface area contributed by atoms with Crippen molar-refractivity contribution >= 4 is 18.0 Å². The highest BCUT2D eigenvalue weighted by Gasteiger charge is 2.30. The Morgan fingerprint density at radius 2 is 1.59 bits per heavy atom. The van der Waals surface area contributed by atoms with Crippen molar-refractivity contribution in [2.75, 3.05) is 13.2 Å². The quantitative estimate of drug-likeness (QED) is 0.232. The fourth-order valence-electron chi connectivity index (χ4n) is 3.16. The molecule has 0 aromatic heterocycles. The van der Waals surface area contributed by atoms with Gasteiger partial charge in [0.05, 0.1) is 18.8 Å². The van der Waals surface area contributed by atoms with Crippen molar-refractivity contribution in [3.63, 3.8) is 0 Å². The van der Waals surface area contributed by atoms with Gasteiger partial charge in [0.25, 0.3) is 0 Å². The van der Waals surface area contributed by atoms with Gasteiger partial charge in [0.1, 0.15) is 11.5 Å². The number of primary amides is 1. The van der Waals surface area contributed by atoms with Gasteiger partial charge in [0.15, 0.2) is 0 Å². The van der Waals surface area contributed by atoms with Crippen molar-refractivity contribution in [1.82, 2.24) is 4.72 Å². The SMILES string of the molecule is NC(=O)NSc1cccc(OCCCCCOc2ccccc2-c2ccc(C(F)(F)F)cc2)c1. The van der Waals surface area contributed by atoms with Gasteiger partial charge >= 0.3 is 12.2 Å². The standard InChI is InChI=1S/C25H25F3N2O3S/c26-25(27,28)19-13-11-18(12-14-19)22-9-2-3-10-23(22)33-16-5-1-4-15-32-20-7-6-8-21(17-20)34-30-24(29)31/h2-3,6-14,17H,1,4-5,15-16H2,(H3,29,30,31). The molecule has 180 valence electrons. The molecule has 9 heteroatoms. The number of carbonyl (C=O) groups is 1. The van der Waals surface area contributed by atoms with E-state index in [9.17, 15) is 18.0 Å². The number of hydrogen-bond acceptors (Lipinski definition) is 4. The van der Waals surface area contributed by atoms with Crippen molar-refractivity contribution < 1.29 is 27.4 Å². The first kappa shape index (κ1) is 25.3. The van der Waals surface area contributed by atoms with Crippen LogP contribution < -0.4 is 19.9 Å². The lowest BCUT2D eigenvalue weighted by atomic mass is 10.0. The number of alkyl halides is 3. The van der Waals surface area contributed by atoms with Crippen LogP contribution in [-0.2, 0) is 6.18 Å². The molecule has 0 saturated carbocycles. The van der Waals surface area contributed by atoms with Crippen LogP contribution >= 0.6 is 11.9 Å². The van der Waals surface area contributed by atoms with Crippen LogP contribution in [0, 0.1) is 0 Å². The Bertz CT molecular complexity index is 1080. The fourth-order valence-corrected chi connectivity index (χ4v) is 3.70. The highest BCUT2D eigenvalue weighted by atomic mass is 32.2. The van der Waals surface area contributed by atoms with Gasteiger partial charge in [0, 0.05) is 10.5 Å². The topological polar surface area (TPSA) is 73.6 Å². The van der Waals surface area contributed by atoms with Gasteiger partial charge < -0.3 is 15.2 Å². The molecule has 0 spiro atoms. The van der Waals surface area contributed by atoms with E-state index >= 15 is 0 Å².